The van der Waals surface area contributed by atoms with E-state index >= 15 is 0 Å². The summed E-state index contributed by atoms with van der Waals surface area (Å²) in [5, 5.41) is 13.1. The number of hydrogen-bond donors (Lipinski definition) is 0. The molecule has 0 aliphatic rings. The minimum atomic E-state index is 0.476. The predicted octanol–water partition coefficient (Wildman–Crippen LogP) is 2.56. The zero-order chi connectivity index (χ0) is 13.0. The normalized spacial score (nSPS) is 12.4. The van der Waals surface area contributed by atoms with Crippen molar-refractivity contribution in [2.75, 3.05) is 7.11 Å². The smallest absolute Gasteiger partial charge is 0.214 e. The topological polar surface area (TPSA) is 52.8 Å². The molecule has 0 bridgehead atoms. The molecule has 1 atom stereocenters. The second-order valence-electron chi connectivity index (χ2n) is 3.88. The largest absolute Gasteiger partial charge is 0.494 e. The Bertz CT molecular complexity index is 514. The van der Waals surface area contributed by atoms with Gasteiger partial charge in [0.15, 0.2) is 0 Å². The van der Waals surface area contributed by atoms with Crippen molar-refractivity contribution in [2.24, 2.45) is 0 Å². The van der Waals surface area contributed by atoms with E-state index < -0.39 is 0 Å². The number of nitrogens with zero attached hydrogens (tertiary/aromatic N) is 4. The summed E-state index contributed by atoms with van der Waals surface area (Å²) in [5.41, 5.74) is 0.857. The van der Waals surface area contributed by atoms with Crippen molar-refractivity contribution in [3.8, 4) is 11.4 Å². The monoisotopic (exact) mass is 264 g/mol. The van der Waals surface area contributed by atoms with Crippen molar-refractivity contribution >= 4 is 11.8 Å². The van der Waals surface area contributed by atoms with Gasteiger partial charge in [-0.25, -0.2) is 0 Å². The van der Waals surface area contributed by atoms with Gasteiger partial charge in [0.2, 0.25) is 5.16 Å². The molecular weight excluding hydrogens is 248 g/mol. The Morgan fingerprint density at radius 1 is 1.39 bits per heavy atom. The molecule has 1 aromatic carbocycles. The first-order valence-corrected chi connectivity index (χ1v) is 6.72. The lowest BCUT2D eigenvalue weighted by molar-refractivity contribution is 0.410. The SMILES string of the molecule is CCC(C)Sc1nnnn1-c1ccccc1OC. The second kappa shape index (κ2) is 5.86. The van der Waals surface area contributed by atoms with Crippen molar-refractivity contribution in [1.82, 2.24) is 20.2 Å². The fourth-order valence-electron chi connectivity index (χ4n) is 1.47. The average molecular weight is 264 g/mol. The highest BCUT2D eigenvalue weighted by Gasteiger charge is 2.14. The van der Waals surface area contributed by atoms with Crippen LogP contribution in [0.15, 0.2) is 29.4 Å². The van der Waals surface area contributed by atoms with Crippen LogP contribution in [0.25, 0.3) is 5.69 Å². The van der Waals surface area contributed by atoms with Crippen LogP contribution < -0.4 is 4.74 Å². The Kier molecular flexibility index (Phi) is 4.19. The molecule has 0 aliphatic heterocycles. The van der Waals surface area contributed by atoms with Gasteiger partial charge in [0, 0.05) is 5.25 Å². The molecule has 18 heavy (non-hydrogen) atoms. The van der Waals surface area contributed by atoms with Gasteiger partial charge >= 0.3 is 0 Å². The van der Waals surface area contributed by atoms with Crippen LogP contribution in [0.5, 0.6) is 5.75 Å². The van der Waals surface area contributed by atoms with Crippen molar-refractivity contribution in [3.05, 3.63) is 24.3 Å². The third-order valence-electron chi connectivity index (χ3n) is 2.64. The number of rotatable bonds is 5. The Balaban J connectivity index is 2.36. The Hall–Kier alpha value is -1.56. The molecule has 0 radical (unpaired) electrons. The van der Waals surface area contributed by atoms with E-state index in [4.69, 9.17) is 4.74 Å². The van der Waals surface area contributed by atoms with Gasteiger partial charge in [0.25, 0.3) is 0 Å². The number of methoxy groups -OCH3 is 1. The van der Waals surface area contributed by atoms with Crippen LogP contribution in [0, 0.1) is 0 Å². The average Bonchev–Trinajstić information content (AvgIpc) is 2.86. The van der Waals surface area contributed by atoms with E-state index in [2.05, 4.69) is 29.4 Å². The Morgan fingerprint density at radius 3 is 2.89 bits per heavy atom. The summed E-state index contributed by atoms with van der Waals surface area (Å²) in [6, 6.07) is 7.70. The van der Waals surface area contributed by atoms with Gasteiger partial charge in [0.1, 0.15) is 11.4 Å². The lowest BCUT2D eigenvalue weighted by atomic mass is 10.3. The van der Waals surface area contributed by atoms with E-state index in [0.717, 1.165) is 23.0 Å². The molecule has 2 rings (SSSR count). The maximum atomic E-state index is 5.33. The van der Waals surface area contributed by atoms with Crippen molar-refractivity contribution in [3.63, 3.8) is 0 Å². The molecule has 0 spiro atoms. The first-order valence-electron chi connectivity index (χ1n) is 5.84. The number of hydrogen-bond acceptors (Lipinski definition) is 5. The van der Waals surface area contributed by atoms with Crippen molar-refractivity contribution in [1.29, 1.82) is 0 Å². The lowest BCUT2D eigenvalue weighted by Crippen LogP contribution is -2.03. The highest BCUT2D eigenvalue weighted by Crippen LogP contribution is 2.28. The molecule has 0 aliphatic carbocycles. The highest BCUT2D eigenvalue weighted by molar-refractivity contribution is 7.99. The lowest BCUT2D eigenvalue weighted by Gasteiger charge is -2.10. The molecule has 5 nitrogen and oxygen atoms in total. The molecule has 1 heterocycles. The zero-order valence-corrected chi connectivity index (χ0v) is 11.5. The van der Waals surface area contributed by atoms with Crippen LogP contribution in [0.3, 0.4) is 0 Å². The number of benzene rings is 1. The van der Waals surface area contributed by atoms with Crippen LogP contribution in [0.4, 0.5) is 0 Å². The Labute approximate surface area is 111 Å². The third-order valence-corrected chi connectivity index (χ3v) is 3.84. The van der Waals surface area contributed by atoms with E-state index in [1.54, 1.807) is 23.6 Å². The molecule has 0 amide bonds. The molecule has 6 heteroatoms. The zero-order valence-electron chi connectivity index (χ0n) is 10.7. The van der Waals surface area contributed by atoms with Crippen LogP contribution in [0.1, 0.15) is 20.3 Å². The van der Waals surface area contributed by atoms with Crippen molar-refractivity contribution < 1.29 is 4.74 Å². The third kappa shape index (κ3) is 2.64. The second-order valence-corrected chi connectivity index (χ2v) is 5.29. The number of tetrazole rings is 1. The highest BCUT2D eigenvalue weighted by atomic mass is 32.2. The van der Waals surface area contributed by atoms with Crippen LogP contribution >= 0.6 is 11.8 Å². The summed E-state index contributed by atoms with van der Waals surface area (Å²) < 4.78 is 7.05. The van der Waals surface area contributed by atoms with Gasteiger partial charge in [0.05, 0.1) is 7.11 Å². The Morgan fingerprint density at radius 2 is 2.17 bits per heavy atom. The molecule has 1 aromatic heterocycles. The van der Waals surface area contributed by atoms with Gasteiger partial charge in [-0.2, -0.15) is 4.68 Å². The van der Waals surface area contributed by atoms with Gasteiger partial charge in [-0.15, -0.1) is 5.10 Å². The maximum Gasteiger partial charge on any atom is 0.214 e. The van der Waals surface area contributed by atoms with Crippen LogP contribution in [-0.2, 0) is 0 Å². The van der Waals surface area contributed by atoms with Gasteiger partial charge in [-0.1, -0.05) is 37.7 Å². The van der Waals surface area contributed by atoms with E-state index in [-0.39, 0.29) is 0 Å². The molecule has 96 valence electrons. The summed E-state index contributed by atoms with van der Waals surface area (Å²) >= 11 is 1.66. The first kappa shape index (κ1) is 12.9. The number of aromatic nitrogens is 4. The molecule has 2 aromatic rings. The summed E-state index contributed by atoms with van der Waals surface area (Å²) in [6.07, 6.45) is 1.07. The summed E-state index contributed by atoms with van der Waals surface area (Å²) in [6.45, 7) is 4.31. The van der Waals surface area contributed by atoms with Gasteiger partial charge < -0.3 is 4.74 Å². The summed E-state index contributed by atoms with van der Waals surface area (Å²) in [5.74, 6) is 0.760. The molecule has 0 fully saturated rings. The maximum absolute atomic E-state index is 5.33. The molecule has 0 saturated heterocycles. The quantitative estimate of drug-likeness (QED) is 0.777. The van der Waals surface area contributed by atoms with Crippen LogP contribution in [-0.4, -0.2) is 32.6 Å². The van der Waals surface area contributed by atoms with E-state index in [1.807, 2.05) is 24.3 Å². The van der Waals surface area contributed by atoms with Crippen molar-refractivity contribution in [2.45, 2.75) is 30.7 Å². The van der Waals surface area contributed by atoms with E-state index in [9.17, 15) is 0 Å². The summed E-state index contributed by atoms with van der Waals surface area (Å²) in [7, 11) is 1.64. The van der Waals surface area contributed by atoms with Crippen LogP contribution in [0.2, 0.25) is 0 Å². The number of para-hydroxylation sites is 2. The van der Waals surface area contributed by atoms with E-state index in [0.29, 0.717) is 5.25 Å². The molecule has 0 saturated carbocycles. The summed E-state index contributed by atoms with van der Waals surface area (Å²) in [4.78, 5) is 0. The van der Waals surface area contributed by atoms with Gasteiger partial charge in [-0.05, 0) is 29.0 Å². The number of ether oxygens (including phenoxy) is 1. The fourth-order valence-corrected chi connectivity index (χ4v) is 2.32. The van der Waals surface area contributed by atoms with Gasteiger partial charge in [-0.3, -0.25) is 0 Å². The first-order chi connectivity index (χ1) is 8.76. The minimum Gasteiger partial charge on any atom is -0.494 e. The molecule has 1 unspecified atom stereocenters. The number of thioether (sulfide) groups is 1. The minimum absolute atomic E-state index is 0.476. The fraction of sp³-hybridized carbons (Fsp3) is 0.417. The molecular formula is C12H16N4OS. The van der Waals surface area contributed by atoms with E-state index in [1.165, 1.54) is 0 Å². The standard InChI is InChI=1S/C12H16N4OS/c1-4-9(2)18-12-13-14-15-16(12)10-7-5-6-8-11(10)17-3/h5-9H,4H2,1-3H3. The predicted molar refractivity (Wildman–Crippen MR) is 71.3 cm³/mol. The molecule has 0 N–H and O–H groups in total.